The molecule has 1 aromatic rings. The molecular formula is C12H15BrFNO. The Kier molecular flexibility index (Phi) is 4.93. The molecule has 1 amide bonds. The Labute approximate surface area is 103 Å². The summed E-state index contributed by atoms with van der Waals surface area (Å²) >= 11 is 3.10. The van der Waals surface area contributed by atoms with E-state index in [1.165, 1.54) is 12.1 Å². The molecule has 2 nitrogen and oxygen atoms in total. The Balaban J connectivity index is 2.85. The highest BCUT2D eigenvalue weighted by Gasteiger charge is 2.17. The van der Waals surface area contributed by atoms with E-state index in [4.69, 9.17) is 0 Å². The average molecular weight is 288 g/mol. The second-order valence-electron chi connectivity index (χ2n) is 3.97. The number of carbonyl (C=O) groups excluding carboxylic acids is 1. The van der Waals surface area contributed by atoms with Crippen molar-refractivity contribution in [2.24, 2.45) is 5.92 Å². The van der Waals surface area contributed by atoms with E-state index < -0.39 is 0 Å². The van der Waals surface area contributed by atoms with Crippen LogP contribution in [0.3, 0.4) is 0 Å². The average Bonchev–Trinajstić information content (AvgIpc) is 2.26. The van der Waals surface area contributed by atoms with Crippen molar-refractivity contribution in [3.8, 4) is 0 Å². The summed E-state index contributed by atoms with van der Waals surface area (Å²) < 4.78 is 12.8. The van der Waals surface area contributed by atoms with Crippen LogP contribution < -0.4 is 5.32 Å². The number of hydrogen-bond donors (Lipinski definition) is 1. The first-order chi connectivity index (χ1) is 7.54. The van der Waals surface area contributed by atoms with Gasteiger partial charge < -0.3 is 5.32 Å². The fourth-order valence-electron chi connectivity index (χ4n) is 1.52. The highest BCUT2D eigenvalue weighted by atomic mass is 79.9. The van der Waals surface area contributed by atoms with Crippen LogP contribution in [0.4, 0.5) is 4.39 Å². The molecule has 0 aliphatic rings. The van der Waals surface area contributed by atoms with Gasteiger partial charge in [-0.25, -0.2) is 4.39 Å². The normalized spacial score (nSPS) is 12.6. The van der Waals surface area contributed by atoms with Crippen molar-refractivity contribution in [3.05, 3.63) is 35.6 Å². The van der Waals surface area contributed by atoms with Gasteiger partial charge in [-0.15, -0.1) is 0 Å². The topological polar surface area (TPSA) is 29.1 Å². The third kappa shape index (κ3) is 3.59. The summed E-state index contributed by atoms with van der Waals surface area (Å²) in [7, 11) is 0. The van der Waals surface area contributed by atoms with E-state index in [1.54, 1.807) is 12.1 Å². The molecule has 0 aliphatic carbocycles. The van der Waals surface area contributed by atoms with Crippen molar-refractivity contribution in [3.63, 3.8) is 0 Å². The number of benzene rings is 1. The van der Waals surface area contributed by atoms with Gasteiger partial charge in [0.1, 0.15) is 5.82 Å². The minimum Gasteiger partial charge on any atom is -0.348 e. The maximum Gasteiger partial charge on any atom is 0.231 e. The highest BCUT2D eigenvalue weighted by molar-refractivity contribution is 9.09. The molecule has 1 N–H and O–H groups in total. The predicted molar refractivity (Wildman–Crippen MR) is 65.9 cm³/mol. The second kappa shape index (κ2) is 5.99. The zero-order chi connectivity index (χ0) is 12.1. The van der Waals surface area contributed by atoms with Gasteiger partial charge in [-0.05, 0) is 23.6 Å². The molecule has 88 valence electrons. The lowest BCUT2D eigenvalue weighted by Crippen LogP contribution is -2.32. The first-order valence-corrected chi connectivity index (χ1v) is 6.27. The van der Waals surface area contributed by atoms with Gasteiger partial charge in [-0.2, -0.15) is 0 Å². The van der Waals surface area contributed by atoms with E-state index in [1.807, 2.05) is 13.8 Å². The Morgan fingerprint density at radius 2 is 1.94 bits per heavy atom. The first kappa shape index (κ1) is 13.2. The Hall–Kier alpha value is -0.900. The standard InChI is InChI=1S/C12H15BrFNO/c1-8(2)12(15-11(16)7-13)9-3-5-10(14)6-4-9/h3-6,8,12H,7H2,1-2H3,(H,15,16). The number of hydrogen-bond acceptors (Lipinski definition) is 1. The molecule has 0 spiro atoms. The smallest absolute Gasteiger partial charge is 0.231 e. The summed E-state index contributed by atoms with van der Waals surface area (Å²) in [6.07, 6.45) is 0. The van der Waals surface area contributed by atoms with Crippen LogP contribution in [0.2, 0.25) is 0 Å². The van der Waals surface area contributed by atoms with Crippen LogP contribution in [0.1, 0.15) is 25.5 Å². The Morgan fingerprint density at radius 1 is 1.38 bits per heavy atom. The molecule has 0 fully saturated rings. The van der Waals surface area contributed by atoms with Crippen molar-refractivity contribution in [1.29, 1.82) is 0 Å². The van der Waals surface area contributed by atoms with Crippen LogP contribution >= 0.6 is 15.9 Å². The van der Waals surface area contributed by atoms with Gasteiger partial charge in [0.2, 0.25) is 5.91 Å². The van der Waals surface area contributed by atoms with E-state index in [-0.39, 0.29) is 29.0 Å². The van der Waals surface area contributed by atoms with Gasteiger partial charge in [-0.3, -0.25) is 4.79 Å². The SMILES string of the molecule is CC(C)C(NC(=O)CBr)c1ccc(F)cc1. The van der Waals surface area contributed by atoms with Gasteiger partial charge in [0.25, 0.3) is 0 Å². The fourth-order valence-corrected chi connectivity index (χ4v) is 1.68. The lowest BCUT2D eigenvalue weighted by Gasteiger charge is -2.22. The van der Waals surface area contributed by atoms with Crippen LogP contribution in [-0.4, -0.2) is 11.2 Å². The summed E-state index contributed by atoms with van der Waals surface area (Å²) in [5.74, 6) is -0.0745. The molecule has 4 heteroatoms. The Bertz CT molecular complexity index is 351. The third-order valence-corrected chi connectivity index (χ3v) is 2.84. The summed E-state index contributed by atoms with van der Waals surface area (Å²) in [5.41, 5.74) is 0.922. The number of amides is 1. The van der Waals surface area contributed by atoms with E-state index >= 15 is 0 Å². The molecule has 0 saturated carbocycles. The molecule has 1 aromatic carbocycles. The summed E-state index contributed by atoms with van der Waals surface area (Å²) in [5, 5.41) is 3.17. The molecular weight excluding hydrogens is 273 g/mol. The number of alkyl halides is 1. The number of rotatable bonds is 4. The molecule has 0 heterocycles. The molecule has 1 unspecified atom stereocenters. The molecule has 0 aromatic heterocycles. The fraction of sp³-hybridized carbons (Fsp3) is 0.417. The second-order valence-corrected chi connectivity index (χ2v) is 4.54. The first-order valence-electron chi connectivity index (χ1n) is 5.15. The van der Waals surface area contributed by atoms with E-state index in [0.717, 1.165) is 5.56 Å². The van der Waals surface area contributed by atoms with Gasteiger partial charge in [0.15, 0.2) is 0 Å². The number of halogens is 2. The van der Waals surface area contributed by atoms with Gasteiger partial charge >= 0.3 is 0 Å². The summed E-state index contributed by atoms with van der Waals surface area (Å²) in [6, 6.07) is 6.14. The highest BCUT2D eigenvalue weighted by Crippen LogP contribution is 2.21. The minimum atomic E-state index is -0.266. The van der Waals surface area contributed by atoms with Gasteiger partial charge in [0.05, 0.1) is 11.4 Å². The zero-order valence-corrected chi connectivity index (χ0v) is 10.9. The van der Waals surface area contributed by atoms with Crippen LogP contribution in [0.15, 0.2) is 24.3 Å². The van der Waals surface area contributed by atoms with E-state index in [0.29, 0.717) is 0 Å². The van der Waals surface area contributed by atoms with Crippen molar-refractivity contribution < 1.29 is 9.18 Å². The van der Waals surface area contributed by atoms with E-state index in [2.05, 4.69) is 21.2 Å². The lowest BCUT2D eigenvalue weighted by atomic mass is 9.96. The third-order valence-electron chi connectivity index (χ3n) is 2.33. The molecule has 0 radical (unpaired) electrons. The molecule has 1 rings (SSSR count). The number of nitrogens with one attached hydrogen (secondary N) is 1. The molecule has 0 aliphatic heterocycles. The summed E-state index contributed by atoms with van der Waals surface area (Å²) in [4.78, 5) is 11.3. The summed E-state index contributed by atoms with van der Waals surface area (Å²) in [6.45, 7) is 4.03. The largest absolute Gasteiger partial charge is 0.348 e. The van der Waals surface area contributed by atoms with Crippen molar-refractivity contribution in [1.82, 2.24) is 5.32 Å². The van der Waals surface area contributed by atoms with Crippen LogP contribution in [0, 0.1) is 11.7 Å². The van der Waals surface area contributed by atoms with Gasteiger partial charge in [0, 0.05) is 0 Å². The Morgan fingerprint density at radius 3 is 2.38 bits per heavy atom. The number of carbonyl (C=O) groups is 1. The monoisotopic (exact) mass is 287 g/mol. The molecule has 1 atom stereocenters. The predicted octanol–water partition coefficient (Wildman–Crippen LogP) is 3.03. The zero-order valence-electron chi connectivity index (χ0n) is 9.34. The van der Waals surface area contributed by atoms with Crippen LogP contribution in [0.25, 0.3) is 0 Å². The van der Waals surface area contributed by atoms with Crippen LogP contribution in [0.5, 0.6) is 0 Å². The minimum absolute atomic E-state index is 0.0666. The molecule has 16 heavy (non-hydrogen) atoms. The maximum absolute atomic E-state index is 12.8. The molecule has 0 saturated heterocycles. The lowest BCUT2D eigenvalue weighted by molar-refractivity contribution is -0.119. The van der Waals surface area contributed by atoms with Crippen molar-refractivity contribution in [2.75, 3.05) is 5.33 Å². The maximum atomic E-state index is 12.8. The van der Waals surface area contributed by atoms with Gasteiger partial charge in [-0.1, -0.05) is 41.9 Å². The quantitative estimate of drug-likeness (QED) is 0.848. The van der Waals surface area contributed by atoms with Crippen molar-refractivity contribution in [2.45, 2.75) is 19.9 Å². The van der Waals surface area contributed by atoms with E-state index in [9.17, 15) is 9.18 Å². The molecule has 0 bridgehead atoms. The van der Waals surface area contributed by atoms with Crippen molar-refractivity contribution >= 4 is 21.8 Å². The van der Waals surface area contributed by atoms with Crippen LogP contribution in [-0.2, 0) is 4.79 Å².